The third-order valence-corrected chi connectivity index (χ3v) is 6.16. The van der Waals surface area contributed by atoms with Crippen LogP contribution >= 0.6 is 15.9 Å². The van der Waals surface area contributed by atoms with E-state index in [1.807, 2.05) is 4.90 Å². The van der Waals surface area contributed by atoms with Gasteiger partial charge in [-0.15, -0.1) is 0 Å². The van der Waals surface area contributed by atoms with E-state index in [0.717, 1.165) is 25.7 Å². The standard InChI is InChI=1S/C15H21BrF3NO/c16-11-7-12-4-5-13(8-11)20(12)14(21)9-2-1-3-10(6-9)15(17,18)19/h9-13H,1-8H2. The van der Waals surface area contributed by atoms with Gasteiger partial charge >= 0.3 is 6.18 Å². The fraction of sp³-hybridized carbons (Fsp3) is 0.933. The Bertz CT molecular complexity index is 400. The quantitative estimate of drug-likeness (QED) is 0.633. The molecule has 0 aromatic carbocycles. The molecule has 4 atom stereocenters. The lowest BCUT2D eigenvalue weighted by molar-refractivity contribution is -0.187. The third-order valence-electron chi connectivity index (χ3n) is 5.42. The fourth-order valence-electron chi connectivity index (χ4n) is 4.39. The Morgan fingerprint density at radius 3 is 2.19 bits per heavy atom. The average Bonchev–Trinajstić information content (AvgIpc) is 2.69. The number of nitrogens with zero attached hydrogens (tertiary/aromatic N) is 1. The molecule has 6 heteroatoms. The van der Waals surface area contributed by atoms with E-state index >= 15 is 0 Å². The molecule has 4 unspecified atom stereocenters. The summed E-state index contributed by atoms with van der Waals surface area (Å²) in [5.41, 5.74) is 0. The van der Waals surface area contributed by atoms with Gasteiger partial charge in [-0.25, -0.2) is 0 Å². The van der Waals surface area contributed by atoms with E-state index in [-0.39, 0.29) is 30.8 Å². The second kappa shape index (κ2) is 5.74. The number of hydrogen-bond acceptors (Lipinski definition) is 1. The molecule has 0 N–H and O–H groups in total. The van der Waals surface area contributed by atoms with Gasteiger partial charge in [0.25, 0.3) is 0 Å². The number of amides is 1. The number of carbonyl (C=O) groups is 1. The van der Waals surface area contributed by atoms with Crippen molar-refractivity contribution in [2.45, 2.75) is 74.5 Å². The van der Waals surface area contributed by atoms with Crippen molar-refractivity contribution in [2.24, 2.45) is 11.8 Å². The second-order valence-corrected chi connectivity index (χ2v) is 8.10. The summed E-state index contributed by atoms with van der Waals surface area (Å²) in [6.45, 7) is 0. The summed E-state index contributed by atoms with van der Waals surface area (Å²) >= 11 is 3.63. The highest BCUT2D eigenvalue weighted by Crippen LogP contribution is 2.44. The summed E-state index contributed by atoms with van der Waals surface area (Å²) in [6, 6.07) is 0.485. The summed E-state index contributed by atoms with van der Waals surface area (Å²) in [5, 5.41) is 0. The minimum absolute atomic E-state index is 0.00384. The van der Waals surface area contributed by atoms with E-state index in [1.165, 1.54) is 0 Å². The van der Waals surface area contributed by atoms with Crippen molar-refractivity contribution in [3.63, 3.8) is 0 Å². The van der Waals surface area contributed by atoms with E-state index in [1.54, 1.807) is 0 Å². The SMILES string of the molecule is O=C(C1CCCC(C(F)(F)F)C1)N1C2CCC1CC(Br)C2. The molecule has 1 saturated carbocycles. The molecule has 21 heavy (non-hydrogen) atoms. The molecule has 1 aliphatic carbocycles. The third kappa shape index (κ3) is 3.10. The van der Waals surface area contributed by atoms with Gasteiger partial charge in [0.05, 0.1) is 5.92 Å². The Balaban J connectivity index is 1.68. The maximum atomic E-state index is 12.9. The van der Waals surface area contributed by atoms with Gasteiger partial charge in [0, 0.05) is 22.8 Å². The molecule has 0 aromatic heterocycles. The van der Waals surface area contributed by atoms with Gasteiger partial charge in [-0.3, -0.25) is 4.79 Å². The Morgan fingerprint density at radius 1 is 1.00 bits per heavy atom. The van der Waals surface area contributed by atoms with Crippen LogP contribution in [-0.4, -0.2) is 33.9 Å². The van der Waals surface area contributed by atoms with Crippen LogP contribution in [0, 0.1) is 11.8 Å². The summed E-state index contributed by atoms with van der Waals surface area (Å²) in [4.78, 5) is 15.1. The molecule has 2 heterocycles. The molecule has 0 aromatic rings. The first-order valence-corrected chi connectivity index (χ1v) is 8.80. The minimum Gasteiger partial charge on any atom is -0.336 e. The van der Waals surface area contributed by atoms with Gasteiger partial charge in [-0.2, -0.15) is 13.2 Å². The topological polar surface area (TPSA) is 20.3 Å². The predicted octanol–water partition coefficient (Wildman–Crippen LogP) is 4.27. The molecule has 3 fully saturated rings. The first-order valence-electron chi connectivity index (χ1n) is 7.89. The van der Waals surface area contributed by atoms with Gasteiger partial charge in [0.1, 0.15) is 0 Å². The first kappa shape index (κ1) is 15.6. The Hall–Kier alpha value is -0.260. The lowest BCUT2D eigenvalue weighted by atomic mass is 9.80. The first-order chi connectivity index (χ1) is 9.86. The molecule has 2 aliphatic heterocycles. The minimum atomic E-state index is -4.15. The molecule has 2 bridgehead atoms. The Kier molecular flexibility index (Phi) is 4.27. The van der Waals surface area contributed by atoms with Crippen molar-refractivity contribution >= 4 is 21.8 Å². The zero-order valence-corrected chi connectivity index (χ0v) is 13.5. The van der Waals surface area contributed by atoms with Gasteiger partial charge in [0.15, 0.2) is 0 Å². The number of hydrogen-bond donors (Lipinski definition) is 0. The van der Waals surface area contributed by atoms with E-state index in [4.69, 9.17) is 0 Å². The molecule has 120 valence electrons. The lowest BCUT2D eigenvalue weighted by Crippen LogP contribution is -2.50. The van der Waals surface area contributed by atoms with Crippen molar-refractivity contribution in [1.82, 2.24) is 4.90 Å². The lowest BCUT2D eigenvalue weighted by Gasteiger charge is -2.41. The van der Waals surface area contributed by atoms with Gasteiger partial charge in [-0.05, 0) is 44.9 Å². The van der Waals surface area contributed by atoms with Gasteiger partial charge in [0.2, 0.25) is 5.91 Å². The van der Waals surface area contributed by atoms with E-state index in [2.05, 4.69) is 15.9 Å². The van der Waals surface area contributed by atoms with Crippen molar-refractivity contribution in [3.05, 3.63) is 0 Å². The van der Waals surface area contributed by atoms with E-state index < -0.39 is 18.0 Å². The normalized spacial score (nSPS) is 40.4. The molecule has 1 amide bonds. The maximum absolute atomic E-state index is 12.9. The van der Waals surface area contributed by atoms with Crippen LogP contribution < -0.4 is 0 Å². The van der Waals surface area contributed by atoms with E-state index in [0.29, 0.717) is 17.7 Å². The van der Waals surface area contributed by atoms with Crippen molar-refractivity contribution in [2.75, 3.05) is 0 Å². The van der Waals surface area contributed by atoms with Crippen LogP contribution in [0.25, 0.3) is 0 Å². The van der Waals surface area contributed by atoms with Crippen molar-refractivity contribution < 1.29 is 18.0 Å². The molecule has 3 rings (SSSR count). The summed E-state index contributed by atoms with van der Waals surface area (Å²) in [5.74, 6) is -1.71. The fourth-order valence-corrected chi connectivity index (χ4v) is 5.26. The molecular weight excluding hydrogens is 347 g/mol. The molecule has 2 saturated heterocycles. The number of rotatable bonds is 1. The highest BCUT2D eigenvalue weighted by molar-refractivity contribution is 9.09. The highest BCUT2D eigenvalue weighted by atomic mass is 79.9. The Labute approximate surface area is 131 Å². The van der Waals surface area contributed by atoms with Crippen LogP contribution in [0.1, 0.15) is 51.4 Å². The number of alkyl halides is 4. The van der Waals surface area contributed by atoms with Crippen LogP contribution in [-0.2, 0) is 4.79 Å². The maximum Gasteiger partial charge on any atom is 0.391 e. The summed E-state index contributed by atoms with van der Waals surface area (Å²) in [6.07, 6.45) is 1.07. The monoisotopic (exact) mass is 367 g/mol. The van der Waals surface area contributed by atoms with Gasteiger partial charge in [-0.1, -0.05) is 22.4 Å². The second-order valence-electron chi connectivity index (χ2n) is 6.80. The molecule has 0 radical (unpaired) electrons. The number of halogens is 4. The van der Waals surface area contributed by atoms with E-state index in [9.17, 15) is 18.0 Å². The molecule has 0 spiro atoms. The van der Waals surface area contributed by atoms with Crippen LogP contribution in [0.2, 0.25) is 0 Å². The highest BCUT2D eigenvalue weighted by Gasteiger charge is 2.48. The number of piperidine rings is 1. The van der Waals surface area contributed by atoms with Crippen molar-refractivity contribution in [3.8, 4) is 0 Å². The van der Waals surface area contributed by atoms with Crippen LogP contribution in [0.3, 0.4) is 0 Å². The van der Waals surface area contributed by atoms with Gasteiger partial charge < -0.3 is 4.90 Å². The summed E-state index contributed by atoms with van der Waals surface area (Å²) < 4.78 is 38.7. The zero-order chi connectivity index (χ0) is 15.2. The predicted molar refractivity (Wildman–Crippen MR) is 77.1 cm³/mol. The Morgan fingerprint density at radius 2 is 1.62 bits per heavy atom. The van der Waals surface area contributed by atoms with Crippen LogP contribution in [0.15, 0.2) is 0 Å². The molecule has 3 aliphatic rings. The molecule has 2 nitrogen and oxygen atoms in total. The van der Waals surface area contributed by atoms with Crippen LogP contribution in [0.4, 0.5) is 13.2 Å². The smallest absolute Gasteiger partial charge is 0.336 e. The average molecular weight is 368 g/mol. The number of carbonyl (C=O) groups excluding carboxylic acids is 1. The largest absolute Gasteiger partial charge is 0.391 e. The zero-order valence-electron chi connectivity index (χ0n) is 11.9. The van der Waals surface area contributed by atoms with Crippen LogP contribution in [0.5, 0.6) is 0 Å². The van der Waals surface area contributed by atoms with Crippen molar-refractivity contribution in [1.29, 1.82) is 0 Å². The molecular formula is C15H21BrF3NO. The summed E-state index contributed by atoms with van der Waals surface area (Å²) in [7, 11) is 0. The number of fused-ring (bicyclic) bond motifs is 2.